The molecule has 0 saturated carbocycles. The Balaban J connectivity index is 2.31. The fourth-order valence-electron chi connectivity index (χ4n) is 2.02. The van der Waals surface area contributed by atoms with E-state index in [1.807, 2.05) is 12.1 Å². The van der Waals surface area contributed by atoms with E-state index in [9.17, 15) is 14.7 Å². The second kappa shape index (κ2) is 6.23. The SMILES string of the molecule is COCC(NC(=O)c1ccc2ccccc2c1O)C(=O)O. The number of aromatic hydroxyl groups is 1. The van der Waals surface area contributed by atoms with Crippen LogP contribution in [0.1, 0.15) is 10.4 Å². The third-order valence-corrected chi connectivity index (χ3v) is 3.08. The number of nitrogens with one attached hydrogen (secondary N) is 1. The van der Waals surface area contributed by atoms with Gasteiger partial charge in [-0.2, -0.15) is 0 Å². The number of hydrogen-bond donors (Lipinski definition) is 3. The lowest BCUT2D eigenvalue weighted by atomic mass is 10.0. The number of aliphatic carboxylic acids is 1. The van der Waals surface area contributed by atoms with E-state index in [2.05, 4.69) is 5.32 Å². The molecule has 2 aromatic carbocycles. The molecule has 1 atom stereocenters. The van der Waals surface area contributed by atoms with Crippen LogP contribution in [0, 0.1) is 0 Å². The third-order valence-electron chi connectivity index (χ3n) is 3.08. The largest absolute Gasteiger partial charge is 0.506 e. The molecule has 0 aliphatic heterocycles. The summed E-state index contributed by atoms with van der Waals surface area (Å²) in [6, 6.07) is 9.03. The molecular weight excluding hydrogens is 274 g/mol. The molecule has 2 aromatic rings. The van der Waals surface area contributed by atoms with E-state index in [1.165, 1.54) is 13.2 Å². The molecule has 0 aliphatic rings. The van der Waals surface area contributed by atoms with Crippen LogP contribution in [0.3, 0.4) is 0 Å². The van der Waals surface area contributed by atoms with Gasteiger partial charge < -0.3 is 20.3 Å². The Kier molecular flexibility index (Phi) is 4.39. The molecule has 21 heavy (non-hydrogen) atoms. The van der Waals surface area contributed by atoms with Crippen molar-refractivity contribution < 1.29 is 24.5 Å². The zero-order chi connectivity index (χ0) is 15.4. The Morgan fingerprint density at radius 3 is 2.62 bits per heavy atom. The average molecular weight is 289 g/mol. The predicted octanol–water partition coefficient (Wildman–Crippen LogP) is 1.37. The second-order valence-electron chi connectivity index (χ2n) is 4.50. The van der Waals surface area contributed by atoms with Crippen molar-refractivity contribution in [1.29, 1.82) is 0 Å². The van der Waals surface area contributed by atoms with Crippen LogP contribution < -0.4 is 5.32 Å². The number of ether oxygens (including phenoxy) is 1. The topological polar surface area (TPSA) is 95.9 Å². The van der Waals surface area contributed by atoms with Gasteiger partial charge in [-0.05, 0) is 11.5 Å². The third kappa shape index (κ3) is 3.11. The minimum atomic E-state index is -1.20. The summed E-state index contributed by atoms with van der Waals surface area (Å²) >= 11 is 0. The summed E-state index contributed by atoms with van der Waals surface area (Å²) in [6.07, 6.45) is 0. The van der Waals surface area contributed by atoms with Gasteiger partial charge in [-0.25, -0.2) is 4.79 Å². The van der Waals surface area contributed by atoms with E-state index >= 15 is 0 Å². The monoisotopic (exact) mass is 289 g/mol. The Morgan fingerprint density at radius 1 is 1.24 bits per heavy atom. The van der Waals surface area contributed by atoms with Crippen LogP contribution in [-0.4, -0.2) is 41.8 Å². The number of carboxylic acid groups (broad SMARTS) is 1. The van der Waals surface area contributed by atoms with E-state index in [1.54, 1.807) is 18.2 Å². The number of amides is 1. The molecule has 6 nitrogen and oxygen atoms in total. The lowest BCUT2D eigenvalue weighted by Gasteiger charge is -2.14. The van der Waals surface area contributed by atoms with Crippen LogP contribution in [0.2, 0.25) is 0 Å². The number of benzene rings is 2. The van der Waals surface area contributed by atoms with Gasteiger partial charge in [0.05, 0.1) is 12.2 Å². The van der Waals surface area contributed by atoms with Crippen molar-refractivity contribution >= 4 is 22.6 Å². The molecule has 1 unspecified atom stereocenters. The van der Waals surface area contributed by atoms with Gasteiger partial charge in [0.1, 0.15) is 5.75 Å². The number of phenols is 1. The summed E-state index contributed by atoms with van der Waals surface area (Å²) in [5.74, 6) is -2.04. The van der Waals surface area contributed by atoms with Crippen LogP contribution in [0.5, 0.6) is 5.75 Å². The number of carbonyl (C=O) groups is 2. The number of carboxylic acids is 1. The van der Waals surface area contributed by atoms with E-state index in [0.29, 0.717) is 5.39 Å². The molecule has 3 N–H and O–H groups in total. The van der Waals surface area contributed by atoms with Crippen LogP contribution in [0.25, 0.3) is 10.8 Å². The van der Waals surface area contributed by atoms with Crippen molar-refractivity contribution in [2.45, 2.75) is 6.04 Å². The number of hydrogen-bond acceptors (Lipinski definition) is 4. The summed E-state index contributed by atoms with van der Waals surface area (Å²) in [7, 11) is 1.34. The van der Waals surface area contributed by atoms with E-state index in [4.69, 9.17) is 9.84 Å². The van der Waals surface area contributed by atoms with E-state index in [0.717, 1.165) is 5.39 Å². The molecule has 110 valence electrons. The first-order valence-electron chi connectivity index (χ1n) is 6.28. The van der Waals surface area contributed by atoms with Crippen molar-refractivity contribution in [2.24, 2.45) is 0 Å². The number of rotatable bonds is 5. The molecule has 1 amide bonds. The van der Waals surface area contributed by atoms with Gasteiger partial charge in [-0.15, -0.1) is 0 Å². The van der Waals surface area contributed by atoms with E-state index < -0.39 is 17.9 Å². The lowest BCUT2D eigenvalue weighted by Crippen LogP contribution is -2.43. The quantitative estimate of drug-likeness (QED) is 0.772. The first kappa shape index (κ1) is 14.8. The molecule has 0 radical (unpaired) electrons. The minimum absolute atomic E-state index is 0.0241. The van der Waals surface area contributed by atoms with Crippen LogP contribution >= 0.6 is 0 Å². The average Bonchev–Trinajstić information content (AvgIpc) is 2.47. The molecule has 0 saturated heterocycles. The van der Waals surface area contributed by atoms with Gasteiger partial charge in [0.2, 0.25) is 0 Å². The minimum Gasteiger partial charge on any atom is -0.506 e. The summed E-state index contributed by atoms with van der Waals surface area (Å²) in [5.41, 5.74) is 0.0241. The van der Waals surface area contributed by atoms with Crippen LogP contribution in [0.15, 0.2) is 36.4 Å². The van der Waals surface area contributed by atoms with Crippen molar-refractivity contribution in [1.82, 2.24) is 5.32 Å². The fraction of sp³-hybridized carbons (Fsp3) is 0.200. The zero-order valence-corrected chi connectivity index (χ0v) is 11.4. The molecule has 0 aromatic heterocycles. The van der Waals surface area contributed by atoms with Gasteiger partial charge in [0, 0.05) is 12.5 Å². The van der Waals surface area contributed by atoms with Crippen molar-refractivity contribution in [3.8, 4) is 5.75 Å². The number of phenolic OH excluding ortho intramolecular Hbond substituents is 1. The molecule has 0 spiro atoms. The summed E-state index contributed by atoms with van der Waals surface area (Å²) in [4.78, 5) is 23.1. The van der Waals surface area contributed by atoms with Crippen LogP contribution in [-0.2, 0) is 9.53 Å². The number of fused-ring (bicyclic) bond motifs is 1. The highest BCUT2D eigenvalue weighted by atomic mass is 16.5. The second-order valence-corrected chi connectivity index (χ2v) is 4.50. The van der Waals surface area contributed by atoms with Crippen LogP contribution in [0.4, 0.5) is 0 Å². The standard InChI is InChI=1S/C15H15NO5/c1-21-8-12(15(19)20)16-14(18)11-7-6-9-4-2-3-5-10(9)13(11)17/h2-7,12,17H,8H2,1H3,(H,16,18)(H,19,20). The number of carbonyl (C=O) groups excluding carboxylic acids is 1. The maximum atomic E-state index is 12.1. The predicted molar refractivity (Wildman–Crippen MR) is 76.4 cm³/mol. The Labute approximate surface area is 121 Å². The highest BCUT2D eigenvalue weighted by molar-refractivity contribution is 6.04. The first-order valence-corrected chi connectivity index (χ1v) is 6.28. The number of methoxy groups -OCH3 is 1. The summed E-state index contributed by atoms with van der Waals surface area (Å²) in [6.45, 7) is -0.157. The first-order chi connectivity index (χ1) is 10.0. The molecule has 0 aliphatic carbocycles. The Hall–Kier alpha value is -2.60. The van der Waals surface area contributed by atoms with Gasteiger partial charge >= 0.3 is 5.97 Å². The van der Waals surface area contributed by atoms with E-state index in [-0.39, 0.29) is 17.9 Å². The molecule has 2 rings (SSSR count). The zero-order valence-electron chi connectivity index (χ0n) is 11.4. The maximum Gasteiger partial charge on any atom is 0.328 e. The van der Waals surface area contributed by atoms with Crippen molar-refractivity contribution in [3.05, 3.63) is 42.0 Å². The fourth-order valence-corrected chi connectivity index (χ4v) is 2.02. The maximum absolute atomic E-state index is 12.1. The van der Waals surface area contributed by atoms with Gasteiger partial charge in [0.15, 0.2) is 6.04 Å². The van der Waals surface area contributed by atoms with Gasteiger partial charge in [0.25, 0.3) is 5.91 Å². The normalized spacial score (nSPS) is 12.0. The van der Waals surface area contributed by atoms with Gasteiger partial charge in [-0.3, -0.25) is 4.79 Å². The summed E-state index contributed by atoms with van der Waals surface area (Å²) in [5, 5.41) is 22.8. The van der Waals surface area contributed by atoms with Crippen molar-refractivity contribution in [2.75, 3.05) is 13.7 Å². The smallest absolute Gasteiger partial charge is 0.328 e. The highest BCUT2D eigenvalue weighted by Crippen LogP contribution is 2.28. The Morgan fingerprint density at radius 2 is 1.95 bits per heavy atom. The molecule has 0 fully saturated rings. The molecular formula is C15H15NO5. The lowest BCUT2D eigenvalue weighted by molar-refractivity contribution is -0.140. The van der Waals surface area contributed by atoms with Crippen molar-refractivity contribution in [3.63, 3.8) is 0 Å². The summed E-state index contributed by atoms with van der Waals surface area (Å²) < 4.78 is 4.74. The molecule has 0 heterocycles. The van der Waals surface area contributed by atoms with Gasteiger partial charge in [-0.1, -0.05) is 30.3 Å². The Bertz CT molecular complexity index is 683. The highest BCUT2D eigenvalue weighted by Gasteiger charge is 2.22. The molecule has 0 bridgehead atoms. The molecule has 6 heteroatoms.